The van der Waals surface area contributed by atoms with Crippen LogP contribution in [0.4, 0.5) is 0 Å². The van der Waals surface area contributed by atoms with Crippen LogP contribution in [0.5, 0.6) is 0 Å². The van der Waals surface area contributed by atoms with Gasteiger partial charge in [-0.05, 0) is 37.6 Å². The highest BCUT2D eigenvalue weighted by Gasteiger charge is 2.38. The van der Waals surface area contributed by atoms with E-state index in [1.165, 1.54) is 16.7 Å². The molecule has 3 nitrogen and oxygen atoms in total. The molecule has 0 atom stereocenters. The average Bonchev–Trinajstić information content (AvgIpc) is 2.29. The van der Waals surface area contributed by atoms with Crippen molar-refractivity contribution in [2.75, 3.05) is 33.4 Å². The van der Waals surface area contributed by atoms with Gasteiger partial charge in [0.25, 0.3) is 0 Å². The molecular formula is C15H23NO2. The molecule has 1 aliphatic rings. The predicted molar refractivity (Wildman–Crippen MR) is 72.6 cm³/mol. The van der Waals surface area contributed by atoms with E-state index in [0.29, 0.717) is 13.2 Å². The van der Waals surface area contributed by atoms with E-state index in [2.05, 4.69) is 44.0 Å². The molecule has 0 spiro atoms. The third kappa shape index (κ3) is 2.91. The van der Waals surface area contributed by atoms with Gasteiger partial charge < -0.3 is 14.7 Å². The number of nitrogens with zero attached hydrogens (tertiary/aromatic N) is 1. The van der Waals surface area contributed by atoms with Crippen LogP contribution in [0.2, 0.25) is 0 Å². The fraction of sp³-hybridized carbons (Fsp3) is 0.600. The molecule has 1 heterocycles. The van der Waals surface area contributed by atoms with Gasteiger partial charge in [-0.15, -0.1) is 0 Å². The molecule has 1 N–H and O–H groups in total. The van der Waals surface area contributed by atoms with Crippen molar-refractivity contribution in [3.63, 3.8) is 0 Å². The fourth-order valence-corrected chi connectivity index (χ4v) is 2.47. The zero-order valence-corrected chi connectivity index (χ0v) is 11.6. The standard InChI is InChI=1S/C15H23NO2/c1-12-4-5-14(6-13(12)2)7-16(3)8-15(9-17)10-18-11-15/h4-6,17H,7-11H2,1-3H3. The highest BCUT2D eigenvalue weighted by atomic mass is 16.5. The van der Waals surface area contributed by atoms with E-state index < -0.39 is 0 Å². The van der Waals surface area contributed by atoms with E-state index in [1.807, 2.05) is 0 Å². The Morgan fingerprint density at radius 3 is 2.50 bits per heavy atom. The Labute approximate surface area is 109 Å². The molecule has 0 unspecified atom stereocenters. The Balaban J connectivity index is 1.94. The monoisotopic (exact) mass is 249 g/mol. The SMILES string of the molecule is Cc1ccc(CN(C)CC2(CO)COC2)cc1C. The lowest BCUT2D eigenvalue weighted by Crippen LogP contribution is -2.52. The van der Waals surface area contributed by atoms with Crippen molar-refractivity contribution in [2.24, 2.45) is 5.41 Å². The molecule has 1 saturated heterocycles. The highest BCUT2D eigenvalue weighted by molar-refractivity contribution is 5.29. The van der Waals surface area contributed by atoms with Crippen molar-refractivity contribution < 1.29 is 9.84 Å². The quantitative estimate of drug-likeness (QED) is 0.863. The van der Waals surface area contributed by atoms with E-state index in [-0.39, 0.29) is 12.0 Å². The summed E-state index contributed by atoms with van der Waals surface area (Å²) >= 11 is 0. The maximum Gasteiger partial charge on any atom is 0.0579 e. The van der Waals surface area contributed by atoms with Crippen LogP contribution in [0, 0.1) is 19.3 Å². The fourth-order valence-electron chi connectivity index (χ4n) is 2.47. The van der Waals surface area contributed by atoms with Crippen molar-refractivity contribution in [2.45, 2.75) is 20.4 Å². The molecule has 1 aromatic carbocycles. The van der Waals surface area contributed by atoms with E-state index in [0.717, 1.165) is 13.1 Å². The summed E-state index contributed by atoms with van der Waals surface area (Å²) in [6.07, 6.45) is 0. The molecule has 2 rings (SSSR count). The van der Waals surface area contributed by atoms with Crippen LogP contribution in [0.15, 0.2) is 18.2 Å². The Hall–Kier alpha value is -0.900. The minimum atomic E-state index is -0.0332. The minimum Gasteiger partial charge on any atom is -0.396 e. The summed E-state index contributed by atoms with van der Waals surface area (Å²) in [6.45, 7) is 7.66. The molecule has 100 valence electrons. The van der Waals surface area contributed by atoms with E-state index >= 15 is 0 Å². The molecular weight excluding hydrogens is 226 g/mol. The first-order valence-corrected chi connectivity index (χ1v) is 6.48. The average molecular weight is 249 g/mol. The van der Waals surface area contributed by atoms with Gasteiger partial charge in [0.15, 0.2) is 0 Å². The Morgan fingerprint density at radius 2 is 2.00 bits per heavy atom. The Morgan fingerprint density at radius 1 is 1.28 bits per heavy atom. The maximum atomic E-state index is 9.43. The molecule has 18 heavy (non-hydrogen) atoms. The molecule has 0 aliphatic carbocycles. The predicted octanol–water partition coefficient (Wildman–Crippen LogP) is 1.74. The van der Waals surface area contributed by atoms with Gasteiger partial charge in [-0.1, -0.05) is 18.2 Å². The largest absolute Gasteiger partial charge is 0.396 e. The molecule has 3 heteroatoms. The lowest BCUT2D eigenvalue weighted by Gasteiger charge is -2.42. The zero-order chi connectivity index (χ0) is 13.2. The molecule has 0 radical (unpaired) electrons. The normalized spacial score (nSPS) is 17.8. The van der Waals surface area contributed by atoms with Crippen molar-refractivity contribution in [3.8, 4) is 0 Å². The molecule has 0 amide bonds. The minimum absolute atomic E-state index is 0.0332. The van der Waals surface area contributed by atoms with Gasteiger partial charge in [0.05, 0.1) is 25.2 Å². The lowest BCUT2D eigenvalue weighted by molar-refractivity contribution is -0.147. The van der Waals surface area contributed by atoms with E-state index in [1.54, 1.807) is 0 Å². The summed E-state index contributed by atoms with van der Waals surface area (Å²) in [5.41, 5.74) is 3.97. The van der Waals surface area contributed by atoms with Gasteiger partial charge in [-0.25, -0.2) is 0 Å². The summed E-state index contributed by atoms with van der Waals surface area (Å²) < 4.78 is 5.23. The summed E-state index contributed by atoms with van der Waals surface area (Å²) in [7, 11) is 2.10. The van der Waals surface area contributed by atoms with Crippen molar-refractivity contribution >= 4 is 0 Å². The van der Waals surface area contributed by atoms with Crippen molar-refractivity contribution in [1.82, 2.24) is 4.90 Å². The molecule has 0 aromatic heterocycles. The summed E-state index contributed by atoms with van der Waals surface area (Å²) in [5.74, 6) is 0. The zero-order valence-electron chi connectivity index (χ0n) is 11.6. The second-order valence-corrected chi connectivity index (χ2v) is 5.74. The van der Waals surface area contributed by atoms with Crippen LogP contribution in [0.3, 0.4) is 0 Å². The summed E-state index contributed by atoms with van der Waals surface area (Å²) in [5, 5.41) is 9.43. The van der Waals surface area contributed by atoms with Crippen molar-refractivity contribution in [3.05, 3.63) is 34.9 Å². The van der Waals surface area contributed by atoms with Crippen molar-refractivity contribution in [1.29, 1.82) is 0 Å². The molecule has 0 saturated carbocycles. The van der Waals surface area contributed by atoms with Crippen LogP contribution < -0.4 is 0 Å². The second kappa shape index (κ2) is 5.39. The molecule has 1 fully saturated rings. The second-order valence-electron chi connectivity index (χ2n) is 5.74. The van der Waals surface area contributed by atoms with Gasteiger partial charge in [-0.3, -0.25) is 0 Å². The number of rotatable bonds is 5. The van der Waals surface area contributed by atoms with Crippen LogP contribution in [0.25, 0.3) is 0 Å². The summed E-state index contributed by atoms with van der Waals surface area (Å²) in [4.78, 5) is 2.27. The van der Waals surface area contributed by atoms with Gasteiger partial charge in [0.2, 0.25) is 0 Å². The van der Waals surface area contributed by atoms with Crippen LogP contribution in [-0.2, 0) is 11.3 Å². The number of aryl methyl sites for hydroxylation is 2. The number of aliphatic hydroxyl groups is 1. The van der Waals surface area contributed by atoms with Gasteiger partial charge in [0.1, 0.15) is 0 Å². The van der Waals surface area contributed by atoms with Crippen LogP contribution in [0.1, 0.15) is 16.7 Å². The number of aliphatic hydroxyl groups excluding tert-OH is 1. The first-order valence-electron chi connectivity index (χ1n) is 6.48. The van der Waals surface area contributed by atoms with E-state index in [9.17, 15) is 5.11 Å². The number of ether oxygens (including phenoxy) is 1. The molecule has 0 bridgehead atoms. The van der Waals surface area contributed by atoms with Gasteiger partial charge in [0, 0.05) is 13.1 Å². The van der Waals surface area contributed by atoms with Crippen LogP contribution >= 0.6 is 0 Å². The lowest BCUT2D eigenvalue weighted by atomic mass is 9.86. The Kier molecular flexibility index (Phi) is 4.05. The smallest absolute Gasteiger partial charge is 0.0579 e. The number of hydrogen-bond donors (Lipinski definition) is 1. The number of hydrogen-bond acceptors (Lipinski definition) is 3. The number of benzene rings is 1. The van der Waals surface area contributed by atoms with Gasteiger partial charge >= 0.3 is 0 Å². The highest BCUT2D eigenvalue weighted by Crippen LogP contribution is 2.28. The molecule has 1 aliphatic heterocycles. The topological polar surface area (TPSA) is 32.7 Å². The van der Waals surface area contributed by atoms with E-state index in [4.69, 9.17) is 4.74 Å². The van der Waals surface area contributed by atoms with Crippen LogP contribution in [-0.4, -0.2) is 43.4 Å². The third-order valence-electron chi connectivity index (χ3n) is 3.78. The maximum absolute atomic E-state index is 9.43. The summed E-state index contributed by atoms with van der Waals surface area (Å²) in [6, 6.07) is 6.60. The van der Waals surface area contributed by atoms with Gasteiger partial charge in [-0.2, -0.15) is 0 Å². The Bertz CT molecular complexity index is 407. The first kappa shape index (κ1) is 13.5. The molecule has 1 aromatic rings. The first-order chi connectivity index (χ1) is 8.54. The third-order valence-corrected chi connectivity index (χ3v) is 3.78.